The van der Waals surface area contributed by atoms with Gasteiger partial charge in [-0.15, -0.1) is 0 Å². The summed E-state index contributed by atoms with van der Waals surface area (Å²) in [6, 6.07) is 5.82. The number of aryl methyl sites for hydroxylation is 1. The van der Waals surface area contributed by atoms with E-state index in [2.05, 4.69) is 25.6 Å². The highest BCUT2D eigenvalue weighted by Crippen LogP contribution is 2.36. The van der Waals surface area contributed by atoms with E-state index >= 15 is 0 Å². The lowest BCUT2D eigenvalue weighted by atomic mass is 9.91. The maximum absolute atomic E-state index is 12.4. The van der Waals surface area contributed by atoms with Crippen molar-refractivity contribution in [3.63, 3.8) is 0 Å². The molecule has 2 heterocycles. The molecule has 8 nitrogen and oxygen atoms in total. The molecule has 2 amide bonds. The third-order valence-electron chi connectivity index (χ3n) is 4.95. The van der Waals surface area contributed by atoms with E-state index in [1.54, 1.807) is 7.11 Å². The Morgan fingerprint density at radius 2 is 2.21 bits per heavy atom. The van der Waals surface area contributed by atoms with Gasteiger partial charge in [-0.3, -0.25) is 14.6 Å². The maximum atomic E-state index is 12.4. The second-order valence-electron chi connectivity index (χ2n) is 6.71. The molecule has 0 saturated carbocycles. The Balaban J connectivity index is 1.45. The van der Waals surface area contributed by atoms with E-state index in [-0.39, 0.29) is 24.2 Å². The first-order chi connectivity index (χ1) is 13.7. The lowest BCUT2D eigenvalue weighted by Crippen LogP contribution is -2.39. The fourth-order valence-electron chi connectivity index (χ4n) is 3.63. The minimum Gasteiger partial charge on any atom is -0.497 e. The summed E-state index contributed by atoms with van der Waals surface area (Å²) in [5.74, 6) is 0.142. The van der Waals surface area contributed by atoms with Crippen molar-refractivity contribution in [3.8, 4) is 5.75 Å². The number of hydrogen-bond donors (Lipinski definition) is 3. The molecule has 1 aliphatic rings. The van der Waals surface area contributed by atoms with Gasteiger partial charge in [0.15, 0.2) is 0 Å². The quantitative estimate of drug-likeness (QED) is 0.627. The lowest BCUT2D eigenvalue weighted by molar-refractivity contribution is -0.121. The first-order valence-electron chi connectivity index (χ1n) is 9.18. The normalized spacial score (nSPS) is 15.7. The molecule has 28 heavy (non-hydrogen) atoms. The summed E-state index contributed by atoms with van der Waals surface area (Å²) in [5.41, 5.74) is 3.46. The van der Waals surface area contributed by atoms with Gasteiger partial charge in [-0.2, -0.15) is 0 Å². The molecule has 0 unspecified atom stereocenters. The number of amides is 2. The number of fused-ring (bicyclic) bond motifs is 3. The van der Waals surface area contributed by atoms with E-state index in [0.29, 0.717) is 0 Å². The number of aromatic amines is 1. The number of hydrogen-bond acceptors (Lipinski definition) is 5. The molecule has 0 aliphatic heterocycles. The van der Waals surface area contributed by atoms with Gasteiger partial charge in [0.1, 0.15) is 11.4 Å². The second-order valence-corrected chi connectivity index (χ2v) is 6.71. The van der Waals surface area contributed by atoms with Crippen molar-refractivity contribution in [2.45, 2.75) is 25.3 Å². The van der Waals surface area contributed by atoms with E-state index in [4.69, 9.17) is 4.74 Å². The van der Waals surface area contributed by atoms with Crippen LogP contribution in [0.2, 0.25) is 0 Å². The molecule has 1 aliphatic carbocycles. The van der Waals surface area contributed by atoms with Gasteiger partial charge in [0.25, 0.3) is 5.91 Å². The van der Waals surface area contributed by atoms with Crippen LogP contribution in [0.5, 0.6) is 5.75 Å². The van der Waals surface area contributed by atoms with Crippen LogP contribution in [0, 0.1) is 0 Å². The predicted molar refractivity (Wildman–Crippen MR) is 103 cm³/mol. The van der Waals surface area contributed by atoms with Gasteiger partial charge in [0.05, 0.1) is 25.9 Å². The molecular formula is C20H21N5O3. The zero-order valence-corrected chi connectivity index (χ0v) is 15.5. The standard InChI is InChI=1S/C20H21N5O3/c1-28-12-5-6-15-14(9-12)13-3-2-4-16(19(13)25-15)24-18(26)11-23-20(27)17-10-21-7-8-22-17/h5-10,16,25H,2-4,11H2,1H3,(H,23,27)(H,24,26)/t16-/m0/s1. The molecule has 0 bridgehead atoms. The van der Waals surface area contributed by atoms with Gasteiger partial charge in [0, 0.05) is 29.0 Å². The highest BCUT2D eigenvalue weighted by molar-refractivity contribution is 5.94. The molecule has 3 aromatic rings. The Hall–Kier alpha value is -3.42. The van der Waals surface area contributed by atoms with Crippen molar-refractivity contribution in [1.29, 1.82) is 0 Å². The van der Waals surface area contributed by atoms with Gasteiger partial charge in [-0.1, -0.05) is 0 Å². The number of rotatable bonds is 5. The molecule has 0 saturated heterocycles. The molecule has 1 atom stereocenters. The van der Waals surface area contributed by atoms with Gasteiger partial charge in [-0.05, 0) is 43.0 Å². The summed E-state index contributed by atoms with van der Waals surface area (Å²) < 4.78 is 5.33. The zero-order chi connectivity index (χ0) is 19.5. The Bertz CT molecular complexity index is 1020. The van der Waals surface area contributed by atoms with Crippen molar-refractivity contribution in [2.75, 3.05) is 13.7 Å². The number of nitrogens with zero attached hydrogens (tertiary/aromatic N) is 2. The monoisotopic (exact) mass is 379 g/mol. The third-order valence-corrected chi connectivity index (χ3v) is 4.95. The first kappa shape index (κ1) is 18.0. The van der Waals surface area contributed by atoms with E-state index in [9.17, 15) is 9.59 Å². The third kappa shape index (κ3) is 3.53. The van der Waals surface area contributed by atoms with Crippen molar-refractivity contribution < 1.29 is 14.3 Å². The van der Waals surface area contributed by atoms with Crippen LogP contribution in [0.15, 0.2) is 36.8 Å². The van der Waals surface area contributed by atoms with Crippen LogP contribution >= 0.6 is 0 Å². The number of aromatic nitrogens is 3. The molecule has 2 aromatic heterocycles. The lowest BCUT2D eigenvalue weighted by Gasteiger charge is -2.24. The van der Waals surface area contributed by atoms with Gasteiger partial charge in [-0.25, -0.2) is 4.98 Å². The molecule has 4 rings (SSSR count). The Morgan fingerprint density at radius 3 is 3.00 bits per heavy atom. The number of H-pyrrole nitrogens is 1. The highest BCUT2D eigenvalue weighted by atomic mass is 16.5. The number of benzene rings is 1. The number of methoxy groups -OCH3 is 1. The minimum atomic E-state index is -0.426. The molecule has 0 spiro atoms. The fourth-order valence-corrected chi connectivity index (χ4v) is 3.63. The van der Waals surface area contributed by atoms with Crippen LogP contribution in [-0.4, -0.2) is 40.4 Å². The van der Waals surface area contributed by atoms with E-state index in [0.717, 1.165) is 41.6 Å². The molecular weight excluding hydrogens is 358 g/mol. The number of carbonyl (C=O) groups excluding carboxylic acids is 2. The van der Waals surface area contributed by atoms with Crippen molar-refractivity contribution in [1.82, 2.24) is 25.6 Å². The van der Waals surface area contributed by atoms with Gasteiger partial charge < -0.3 is 20.4 Å². The summed E-state index contributed by atoms with van der Waals surface area (Å²) >= 11 is 0. The largest absolute Gasteiger partial charge is 0.497 e. The molecule has 3 N–H and O–H groups in total. The fraction of sp³-hybridized carbons (Fsp3) is 0.300. The molecule has 0 fully saturated rings. The van der Waals surface area contributed by atoms with Gasteiger partial charge >= 0.3 is 0 Å². The smallest absolute Gasteiger partial charge is 0.271 e. The average Bonchev–Trinajstić information content (AvgIpc) is 3.11. The first-order valence-corrected chi connectivity index (χ1v) is 9.18. The zero-order valence-electron chi connectivity index (χ0n) is 15.5. The van der Waals surface area contributed by atoms with E-state index in [1.165, 1.54) is 24.2 Å². The van der Waals surface area contributed by atoms with Gasteiger partial charge in [0.2, 0.25) is 5.91 Å². The Kier molecular flexibility index (Phi) is 4.92. The second kappa shape index (κ2) is 7.67. The molecule has 8 heteroatoms. The number of ether oxygens (including phenoxy) is 1. The van der Waals surface area contributed by atoms with Crippen LogP contribution in [0.4, 0.5) is 0 Å². The summed E-state index contributed by atoms with van der Waals surface area (Å²) in [5, 5.41) is 6.72. The summed E-state index contributed by atoms with van der Waals surface area (Å²) in [4.78, 5) is 35.6. The Labute approximate surface area is 161 Å². The SMILES string of the molecule is COc1ccc2[nH]c3c(c2c1)CCC[C@@H]3NC(=O)CNC(=O)c1cnccn1. The average molecular weight is 379 g/mol. The van der Waals surface area contributed by atoms with Crippen LogP contribution < -0.4 is 15.4 Å². The predicted octanol–water partition coefficient (Wildman–Crippen LogP) is 1.89. The summed E-state index contributed by atoms with van der Waals surface area (Å²) in [6.07, 6.45) is 7.07. The van der Waals surface area contributed by atoms with Crippen molar-refractivity contribution >= 4 is 22.7 Å². The summed E-state index contributed by atoms with van der Waals surface area (Å²) in [6.45, 7) is -0.116. The van der Waals surface area contributed by atoms with Crippen molar-refractivity contribution in [3.05, 3.63) is 53.7 Å². The van der Waals surface area contributed by atoms with Crippen LogP contribution in [0.3, 0.4) is 0 Å². The number of nitrogens with one attached hydrogen (secondary N) is 3. The van der Waals surface area contributed by atoms with Crippen LogP contribution in [-0.2, 0) is 11.2 Å². The topological polar surface area (TPSA) is 109 Å². The molecule has 1 aromatic carbocycles. The van der Waals surface area contributed by atoms with E-state index < -0.39 is 5.91 Å². The highest BCUT2D eigenvalue weighted by Gasteiger charge is 2.26. The summed E-state index contributed by atoms with van der Waals surface area (Å²) in [7, 11) is 1.65. The number of carbonyl (C=O) groups is 2. The van der Waals surface area contributed by atoms with E-state index in [1.807, 2.05) is 18.2 Å². The maximum Gasteiger partial charge on any atom is 0.271 e. The molecule has 144 valence electrons. The van der Waals surface area contributed by atoms with Crippen LogP contribution in [0.1, 0.15) is 40.6 Å². The molecule has 0 radical (unpaired) electrons. The Morgan fingerprint density at radius 1 is 1.32 bits per heavy atom. The van der Waals surface area contributed by atoms with Crippen LogP contribution in [0.25, 0.3) is 10.9 Å². The minimum absolute atomic E-state index is 0.108. The van der Waals surface area contributed by atoms with Crippen molar-refractivity contribution in [2.24, 2.45) is 0 Å².